The van der Waals surface area contributed by atoms with Crippen LogP contribution < -0.4 is 0 Å². The largest absolute Gasteiger partial charge is 0.0988 e. The highest BCUT2D eigenvalue weighted by atomic mass is 33.9. The Morgan fingerprint density at radius 1 is 1.20 bits per heavy atom. The van der Waals surface area contributed by atoms with E-state index in [4.69, 9.17) is 0 Å². The van der Waals surface area contributed by atoms with Crippen molar-refractivity contribution in [2.75, 3.05) is 5.75 Å². The Bertz CT molecular complexity index is 49.7. The van der Waals surface area contributed by atoms with Crippen molar-refractivity contribution in [1.29, 1.82) is 0 Å². The van der Waals surface area contributed by atoms with Crippen LogP contribution in [0.3, 0.4) is 0 Å². The molecule has 6 heteroatoms. The van der Waals surface area contributed by atoms with Crippen molar-refractivity contribution in [2.24, 2.45) is 0 Å². The first-order valence-electron chi connectivity index (χ1n) is 2.85. The predicted molar refractivity (Wildman–Crippen MR) is 66.7 cm³/mol. The molecule has 0 aromatic rings. The van der Waals surface area contributed by atoms with Crippen LogP contribution in [0.25, 0.3) is 0 Å². The molecule has 0 nitrogen and oxygen atoms in total. The van der Waals surface area contributed by atoms with Gasteiger partial charge >= 0.3 is 0 Å². The normalized spacial score (nSPS) is 10.2. The Labute approximate surface area is 86.6 Å². The topological polar surface area (TPSA) is 0 Å². The molecule has 0 aliphatic carbocycles. The Balaban J connectivity index is 2.65. The van der Waals surface area contributed by atoms with Gasteiger partial charge in [0.1, 0.15) is 0 Å². The minimum absolute atomic E-state index is 1.27. The minimum Gasteiger partial charge on any atom is -0.0988 e. The van der Waals surface area contributed by atoms with Gasteiger partial charge in [0, 0.05) is 5.75 Å². The van der Waals surface area contributed by atoms with Gasteiger partial charge in [0.2, 0.25) is 0 Å². The van der Waals surface area contributed by atoms with Crippen molar-refractivity contribution in [3.63, 3.8) is 0 Å². The average molecular weight is 251 g/mol. The molecule has 0 N–H and O–H groups in total. The molecule has 0 unspecified atom stereocenters. The molecule has 0 rings (SSSR count). The third-order valence-corrected chi connectivity index (χ3v) is 9.80. The van der Waals surface area contributed by atoms with Crippen molar-refractivity contribution in [3.05, 3.63) is 0 Å². The van der Waals surface area contributed by atoms with E-state index in [1.807, 2.05) is 20.6 Å². The molecule has 0 atom stereocenters. The van der Waals surface area contributed by atoms with Crippen LogP contribution in [0.2, 0.25) is 0 Å². The molecule has 0 bridgehead atoms. The quantitative estimate of drug-likeness (QED) is 0.384. The Hall–Kier alpha value is 2.10. The van der Waals surface area contributed by atoms with E-state index in [9.17, 15) is 0 Å². The molecule has 0 radical (unpaired) electrons. The number of hydrogen-bond acceptors (Lipinski definition) is 6. The molecule has 10 heavy (non-hydrogen) atoms. The number of rotatable bonds is 7. The van der Waals surface area contributed by atoms with Crippen LogP contribution in [0.4, 0.5) is 0 Å². The van der Waals surface area contributed by atoms with Crippen LogP contribution in [0.5, 0.6) is 0 Å². The van der Waals surface area contributed by atoms with Gasteiger partial charge in [-0.05, 0) is 45.7 Å². The van der Waals surface area contributed by atoms with Gasteiger partial charge in [-0.15, -0.1) is 0 Å². The van der Waals surface area contributed by atoms with Gasteiger partial charge in [0.15, 0.2) is 0 Å². The van der Waals surface area contributed by atoms with Gasteiger partial charge in [-0.2, -0.15) is 0 Å². The molecule has 62 valence electrons. The van der Waals surface area contributed by atoms with Gasteiger partial charge in [-0.1, -0.05) is 35.8 Å². The fourth-order valence-corrected chi connectivity index (χ4v) is 9.25. The van der Waals surface area contributed by atoms with E-state index in [2.05, 4.69) is 18.6 Å². The summed E-state index contributed by atoms with van der Waals surface area (Å²) in [5.74, 6) is 1.27. The zero-order chi connectivity index (χ0) is 7.66. The lowest BCUT2D eigenvalue weighted by Crippen LogP contribution is -1.70. The zero-order valence-corrected chi connectivity index (χ0v) is 10.6. The van der Waals surface area contributed by atoms with Crippen LogP contribution in [0, 0.1) is 0 Å². The first-order chi connectivity index (χ1) is 4.91. The second kappa shape index (κ2) is 11.1. The monoisotopic (exact) mass is 250 g/mol. The van der Waals surface area contributed by atoms with Gasteiger partial charge in [-0.3, -0.25) is 0 Å². The fourth-order valence-electron chi connectivity index (χ4n) is 0.281. The van der Waals surface area contributed by atoms with Gasteiger partial charge < -0.3 is 0 Å². The maximum absolute atomic E-state index is 4.00. The highest BCUT2D eigenvalue weighted by Gasteiger charge is 1.90. The summed E-state index contributed by atoms with van der Waals surface area (Å²) in [4.78, 5) is 0. The van der Waals surface area contributed by atoms with E-state index >= 15 is 0 Å². The third kappa shape index (κ3) is 10.1. The van der Waals surface area contributed by atoms with Crippen LogP contribution in [-0.2, 0) is 0 Å². The van der Waals surface area contributed by atoms with Crippen LogP contribution in [-0.4, -0.2) is 5.75 Å². The van der Waals surface area contributed by atoms with Crippen molar-refractivity contribution in [3.8, 4) is 0 Å². The number of unbranched alkanes of at least 4 members (excludes halogenated alkanes) is 1. The van der Waals surface area contributed by atoms with E-state index in [0.29, 0.717) is 0 Å². The molecule has 0 aromatic heterocycles. The Kier molecular flexibility index (Phi) is 13.4. The van der Waals surface area contributed by atoms with Crippen LogP contribution >= 0.6 is 61.8 Å². The molecular weight excluding hydrogens is 240 g/mol. The van der Waals surface area contributed by atoms with Crippen molar-refractivity contribution >= 4 is 61.8 Å². The van der Waals surface area contributed by atoms with E-state index in [0.717, 1.165) is 0 Å². The molecule has 0 saturated carbocycles. The molecule has 0 amide bonds. The first-order valence-corrected chi connectivity index (χ1v) is 10.2. The summed E-state index contributed by atoms with van der Waals surface area (Å²) < 4.78 is 0. The van der Waals surface area contributed by atoms with Crippen molar-refractivity contribution < 1.29 is 0 Å². The number of hydrogen-bond donors (Lipinski definition) is 1. The molecule has 0 heterocycles. The smallest absolute Gasteiger partial charge is 0.00453 e. The zero-order valence-electron chi connectivity index (χ0n) is 5.61. The molecule has 0 fully saturated rings. The third-order valence-electron chi connectivity index (χ3n) is 0.715. The van der Waals surface area contributed by atoms with E-state index in [-0.39, 0.29) is 0 Å². The van der Waals surface area contributed by atoms with E-state index in [1.165, 1.54) is 28.4 Å². The van der Waals surface area contributed by atoms with Gasteiger partial charge in [0.25, 0.3) is 0 Å². The summed E-state index contributed by atoms with van der Waals surface area (Å²) >= 11 is 4.00. The number of thiol groups is 1. The minimum atomic E-state index is 1.27. The van der Waals surface area contributed by atoms with E-state index < -0.39 is 0 Å². The second-order valence-electron chi connectivity index (χ2n) is 1.45. The Morgan fingerprint density at radius 3 is 2.60 bits per heavy atom. The summed E-state index contributed by atoms with van der Waals surface area (Å²) in [6, 6.07) is 0. The van der Waals surface area contributed by atoms with Gasteiger partial charge in [0.05, 0.1) is 0 Å². The standard InChI is InChI=1S/C4H10S6/c1-2-3-4-6-8-10-9-7-5/h5H,2-4H2,1H3. The lowest BCUT2D eigenvalue weighted by atomic mass is 10.4. The second-order valence-corrected chi connectivity index (χ2v) is 10.1. The summed E-state index contributed by atoms with van der Waals surface area (Å²) in [7, 11) is 8.77. The average Bonchev–Trinajstić information content (AvgIpc) is 1.97. The van der Waals surface area contributed by atoms with Crippen LogP contribution in [0.1, 0.15) is 19.8 Å². The highest BCUT2D eigenvalue weighted by Crippen LogP contribution is 2.49. The maximum atomic E-state index is 4.00. The lowest BCUT2D eigenvalue weighted by Gasteiger charge is -1.95. The summed E-state index contributed by atoms with van der Waals surface area (Å²) in [6.45, 7) is 2.22. The first kappa shape index (κ1) is 12.1. The summed E-state index contributed by atoms with van der Waals surface area (Å²) in [5.41, 5.74) is 0. The fraction of sp³-hybridized carbons (Fsp3) is 1.00. The highest BCUT2D eigenvalue weighted by molar-refractivity contribution is 9.41. The van der Waals surface area contributed by atoms with Crippen LogP contribution in [0.15, 0.2) is 0 Å². The summed E-state index contributed by atoms with van der Waals surface area (Å²) in [6.07, 6.45) is 2.63. The van der Waals surface area contributed by atoms with Crippen molar-refractivity contribution in [2.45, 2.75) is 19.8 Å². The van der Waals surface area contributed by atoms with E-state index in [1.54, 1.807) is 19.7 Å². The molecule has 0 saturated heterocycles. The Morgan fingerprint density at radius 2 is 2.00 bits per heavy atom. The molecule has 0 aliphatic rings. The molecule has 0 aliphatic heterocycles. The molecular formula is C4H10S6. The summed E-state index contributed by atoms with van der Waals surface area (Å²) in [5, 5.41) is 0. The maximum Gasteiger partial charge on any atom is 0.00453 e. The van der Waals surface area contributed by atoms with Crippen molar-refractivity contribution in [1.82, 2.24) is 0 Å². The van der Waals surface area contributed by atoms with Gasteiger partial charge in [-0.25, -0.2) is 0 Å². The SMILES string of the molecule is CCCCSSSSSS. The lowest BCUT2D eigenvalue weighted by molar-refractivity contribution is 0.898. The molecule has 0 spiro atoms. The molecule has 0 aromatic carbocycles. The predicted octanol–water partition coefficient (Wildman–Crippen LogP) is 4.96.